The topological polar surface area (TPSA) is 35.5 Å². The van der Waals surface area contributed by atoms with Crippen molar-refractivity contribution >= 4 is 6.16 Å². The van der Waals surface area contributed by atoms with Crippen LogP contribution in [0.4, 0.5) is 4.79 Å². The quantitative estimate of drug-likeness (QED) is 0.464. The first-order chi connectivity index (χ1) is 7.83. The molecule has 0 amide bonds. The summed E-state index contributed by atoms with van der Waals surface area (Å²) in [7, 11) is 0. The fourth-order valence-corrected chi connectivity index (χ4v) is 6.03. The van der Waals surface area contributed by atoms with Gasteiger partial charge in [0.05, 0.1) is 0 Å². The van der Waals surface area contributed by atoms with E-state index in [4.69, 9.17) is 9.47 Å². The molecule has 0 aromatic carbocycles. The molecule has 86 valence electrons. The number of fused-ring (bicyclic) bond motifs is 12. The van der Waals surface area contributed by atoms with Gasteiger partial charge in [-0.25, -0.2) is 4.79 Å². The van der Waals surface area contributed by atoms with Crippen LogP contribution in [0.3, 0.4) is 0 Å². The van der Waals surface area contributed by atoms with E-state index in [1.165, 1.54) is 25.7 Å². The van der Waals surface area contributed by atoms with E-state index in [9.17, 15) is 4.79 Å². The molecule has 1 heterocycles. The first kappa shape index (κ1) is 8.37. The highest BCUT2D eigenvalue weighted by Gasteiger charge is 2.69. The van der Waals surface area contributed by atoms with Crippen LogP contribution in [-0.4, -0.2) is 18.4 Å². The molecule has 5 aliphatic rings. The maximum absolute atomic E-state index is 11.2. The van der Waals surface area contributed by atoms with E-state index < -0.39 is 6.16 Å². The molecule has 4 bridgehead atoms. The molecule has 3 heteroatoms. The smallest absolute Gasteiger partial charge is 0.427 e. The van der Waals surface area contributed by atoms with E-state index in [0.717, 1.165) is 23.7 Å². The standard InChI is InChI=1S/C13H16O3/c14-13-15-11-7-4-8(12(11)16-13)10-6-2-1-5(3-6)9(7)10/h5-12H,1-4H2/t5-,6?,7?,8?,9?,10?,11?,12?/m0/s1. The number of carbonyl (C=O) groups is 1. The molecule has 3 nitrogen and oxygen atoms in total. The molecule has 0 aromatic rings. The van der Waals surface area contributed by atoms with Crippen molar-refractivity contribution in [2.45, 2.75) is 37.9 Å². The highest BCUT2D eigenvalue weighted by molar-refractivity contribution is 5.63. The van der Waals surface area contributed by atoms with Crippen LogP contribution < -0.4 is 0 Å². The second-order valence-corrected chi connectivity index (χ2v) is 6.47. The zero-order valence-corrected chi connectivity index (χ0v) is 9.17. The summed E-state index contributed by atoms with van der Waals surface area (Å²) in [6.07, 6.45) is 5.43. The van der Waals surface area contributed by atoms with Crippen LogP contribution in [0.25, 0.3) is 0 Å². The fourth-order valence-electron chi connectivity index (χ4n) is 6.03. The minimum atomic E-state index is -0.406. The summed E-state index contributed by atoms with van der Waals surface area (Å²) >= 11 is 0. The summed E-state index contributed by atoms with van der Waals surface area (Å²) in [6.45, 7) is 0. The predicted octanol–water partition coefficient (Wildman–Crippen LogP) is 2.20. The molecule has 8 atom stereocenters. The molecule has 0 N–H and O–H groups in total. The molecule has 7 unspecified atom stereocenters. The zero-order valence-electron chi connectivity index (χ0n) is 9.17. The Morgan fingerprint density at radius 2 is 1.44 bits per heavy atom. The Bertz CT molecular complexity index is 347. The van der Waals surface area contributed by atoms with Gasteiger partial charge in [0, 0.05) is 11.8 Å². The molecule has 4 aliphatic carbocycles. The Kier molecular flexibility index (Phi) is 1.26. The average Bonchev–Trinajstić information content (AvgIpc) is 2.98. The van der Waals surface area contributed by atoms with Gasteiger partial charge in [-0.1, -0.05) is 0 Å². The van der Waals surface area contributed by atoms with Crippen molar-refractivity contribution in [1.82, 2.24) is 0 Å². The Hall–Kier alpha value is -0.730. The van der Waals surface area contributed by atoms with Gasteiger partial charge in [0.2, 0.25) is 0 Å². The zero-order chi connectivity index (χ0) is 10.4. The van der Waals surface area contributed by atoms with Crippen molar-refractivity contribution in [2.75, 3.05) is 0 Å². The van der Waals surface area contributed by atoms with E-state index in [2.05, 4.69) is 0 Å². The number of hydrogen-bond donors (Lipinski definition) is 0. The molecule has 5 fully saturated rings. The third-order valence-electron chi connectivity index (χ3n) is 6.21. The van der Waals surface area contributed by atoms with Crippen molar-refractivity contribution in [1.29, 1.82) is 0 Å². The van der Waals surface area contributed by atoms with Crippen molar-refractivity contribution in [2.24, 2.45) is 35.5 Å². The third kappa shape index (κ3) is 0.731. The van der Waals surface area contributed by atoms with Crippen molar-refractivity contribution < 1.29 is 14.3 Å². The van der Waals surface area contributed by atoms with Crippen molar-refractivity contribution in [3.05, 3.63) is 0 Å². The molecule has 0 radical (unpaired) electrons. The molecule has 4 saturated carbocycles. The van der Waals surface area contributed by atoms with Crippen LogP contribution in [0.15, 0.2) is 0 Å². The maximum atomic E-state index is 11.2. The molecule has 0 spiro atoms. The lowest BCUT2D eigenvalue weighted by Crippen LogP contribution is -2.42. The van der Waals surface area contributed by atoms with Crippen LogP contribution in [0.2, 0.25) is 0 Å². The molecular formula is C13H16O3. The second-order valence-electron chi connectivity index (χ2n) is 6.47. The number of rotatable bonds is 0. The Labute approximate surface area is 94.5 Å². The molecule has 5 rings (SSSR count). The minimum Gasteiger partial charge on any atom is -0.427 e. The highest BCUT2D eigenvalue weighted by Crippen LogP contribution is 2.68. The normalized spacial score (nSPS) is 64.4. The monoisotopic (exact) mass is 220 g/mol. The molecular weight excluding hydrogens is 204 g/mol. The van der Waals surface area contributed by atoms with Gasteiger partial charge >= 0.3 is 6.16 Å². The van der Waals surface area contributed by atoms with Gasteiger partial charge in [0.15, 0.2) is 0 Å². The van der Waals surface area contributed by atoms with Gasteiger partial charge in [-0.15, -0.1) is 0 Å². The molecule has 1 saturated heterocycles. The van der Waals surface area contributed by atoms with Crippen LogP contribution >= 0.6 is 0 Å². The van der Waals surface area contributed by atoms with E-state index >= 15 is 0 Å². The summed E-state index contributed by atoms with van der Waals surface area (Å²) in [4.78, 5) is 11.2. The summed E-state index contributed by atoms with van der Waals surface area (Å²) in [6, 6.07) is 0. The number of carbonyl (C=O) groups excluding carboxylic acids is 1. The van der Waals surface area contributed by atoms with Gasteiger partial charge in [0.1, 0.15) is 12.2 Å². The molecule has 1 aliphatic heterocycles. The lowest BCUT2D eigenvalue weighted by atomic mass is 9.69. The maximum Gasteiger partial charge on any atom is 0.509 e. The third-order valence-corrected chi connectivity index (χ3v) is 6.21. The number of ether oxygens (including phenoxy) is 2. The SMILES string of the molecule is O=C1OC2C3CC(C2O1)C1C3C2CC[C@H]1C2. The van der Waals surface area contributed by atoms with E-state index in [-0.39, 0.29) is 12.2 Å². The van der Waals surface area contributed by atoms with Gasteiger partial charge in [-0.05, 0) is 49.4 Å². The van der Waals surface area contributed by atoms with Gasteiger partial charge < -0.3 is 9.47 Å². The highest BCUT2D eigenvalue weighted by atomic mass is 16.8. The van der Waals surface area contributed by atoms with Crippen LogP contribution in [0, 0.1) is 35.5 Å². The van der Waals surface area contributed by atoms with Crippen LogP contribution in [0.1, 0.15) is 25.7 Å². The fraction of sp³-hybridized carbons (Fsp3) is 0.923. The van der Waals surface area contributed by atoms with Gasteiger partial charge in [-0.2, -0.15) is 0 Å². The lowest BCUT2D eigenvalue weighted by molar-refractivity contribution is 0.00878. The van der Waals surface area contributed by atoms with E-state index in [1.807, 2.05) is 0 Å². The van der Waals surface area contributed by atoms with Crippen LogP contribution in [0.5, 0.6) is 0 Å². The van der Waals surface area contributed by atoms with Crippen LogP contribution in [-0.2, 0) is 9.47 Å². The Morgan fingerprint density at radius 1 is 0.875 bits per heavy atom. The van der Waals surface area contributed by atoms with E-state index in [1.54, 1.807) is 0 Å². The predicted molar refractivity (Wildman–Crippen MR) is 54.6 cm³/mol. The Morgan fingerprint density at radius 3 is 2.00 bits per heavy atom. The van der Waals surface area contributed by atoms with Gasteiger partial charge in [0.25, 0.3) is 0 Å². The van der Waals surface area contributed by atoms with Crippen molar-refractivity contribution in [3.8, 4) is 0 Å². The largest absolute Gasteiger partial charge is 0.509 e. The first-order valence-electron chi connectivity index (χ1n) is 6.70. The summed E-state index contributed by atoms with van der Waals surface area (Å²) in [5.41, 5.74) is 0. The Balaban J connectivity index is 1.57. The number of hydrogen-bond acceptors (Lipinski definition) is 3. The lowest BCUT2D eigenvalue weighted by Gasteiger charge is -2.38. The van der Waals surface area contributed by atoms with E-state index in [0.29, 0.717) is 11.8 Å². The molecule has 16 heavy (non-hydrogen) atoms. The average molecular weight is 220 g/mol. The van der Waals surface area contributed by atoms with Crippen molar-refractivity contribution in [3.63, 3.8) is 0 Å². The summed E-state index contributed by atoms with van der Waals surface area (Å²) in [5, 5.41) is 0. The summed E-state index contributed by atoms with van der Waals surface area (Å²) in [5.74, 6) is 4.93. The molecule has 0 aromatic heterocycles. The second kappa shape index (κ2) is 2.41. The summed E-state index contributed by atoms with van der Waals surface area (Å²) < 4.78 is 10.7. The van der Waals surface area contributed by atoms with Gasteiger partial charge in [-0.3, -0.25) is 0 Å². The minimum absolute atomic E-state index is 0.123. The first-order valence-corrected chi connectivity index (χ1v) is 6.70.